The SMILES string of the molecule is NC(=O)c1ccc(B(O)O)c(C=O)c1. The van der Waals surface area contributed by atoms with Crippen LogP contribution in [0.2, 0.25) is 0 Å². The zero-order valence-corrected chi connectivity index (χ0v) is 7.18. The lowest BCUT2D eigenvalue weighted by Crippen LogP contribution is -2.33. The predicted molar refractivity (Wildman–Crippen MR) is 50.2 cm³/mol. The number of amides is 1. The average Bonchev–Trinajstić information content (AvgIpc) is 2.16. The molecule has 0 saturated heterocycles. The molecule has 1 aromatic rings. The van der Waals surface area contributed by atoms with Gasteiger partial charge in [0.15, 0.2) is 0 Å². The molecule has 0 spiro atoms. The van der Waals surface area contributed by atoms with E-state index in [1.807, 2.05) is 0 Å². The molecular formula is C8H8BNO4. The van der Waals surface area contributed by atoms with E-state index in [4.69, 9.17) is 15.8 Å². The topological polar surface area (TPSA) is 101 Å². The summed E-state index contributed by atoms with van der Waals surface area (Å²) < 4.78 is 0. The summed E-state index contributed by atoms with van der Waals surface area (Å²) in [6, 6.07) is 3.81. The van der Waals surface area contributed by atoms with Crippen molar-refractivity contribution in [2.24, 2.45) is 5.73 Å². The fourth-order valence-electron chi connectivity index (χ4n) is 1.07. The fraction of sp³-hybridized carbons (Fsp3) is 0. The molecule has 5 nitrogen and oxygen atoms in total. The van der Waals surface area contributed by atoms with E-state index in [1.165, 1.54) is 18.2 Å². The number of primary amides is 1. The molecule has 1 amide bonds. The molecular weight excluding hydrogens is 185 g/mol. The predicted octanol–water partition coefficient (Wildman–Crippen LogP) is -1.72. The van der Waals surface area contributed by atoms with Crippen LogP contribution in [0, 0.1) is 0 Å². The summed E-state index contributed by atoms with van der Waals surface area (Å²) in [5.74, 6) is -0.674. The van der Waals surface area contributed by atoms with Gasteiger partial charge in [0.05, 0.1) is 0 Å². The second kappa shape index (κ2) is 4.04. The van der Waals surface area contributed by atoms with Crippen molar-refractivity contribution in [2.45, 2.75) is 0 Å². The quantitative estimate of drug-likeness (QED) is 0.392. The highest BCUT2D eigenvalue weighted by Crippen LogP contribution is 2.01. The molecule has 72 valence electrons. The highest BCUT2D eigenvalue weighted by atomic mass is 16.4. The number of benzene rings is 1. The summed E-state index contributed by atoms with van der Waals surface area (Å²) in [7, 11) is -1.74. The van der Waals surface area contributed by atoms with E-state index in [0.29, 0.717) is 6.29 Å². The molecule has 14 heavy (non-hydrogen) atoms. The van der Waals surface area contributed by atoms with Crippen LogP contribution in [0.5, 0.6) is 0 Å². The maximum Gasteiger partial charge on any atom is 0.489 e. The lowest BCUT2D eigenvalue weighted by Gasteiger charge is -2.04. The number of carbonyl (C=O) groups is 2. The number of hydrogen-bond acceptors (Lipinski definition) is 4. The van der Waals surface area contributed by atoms with Crippen LogP contribution in [0.15, 0.2) is 18.2 Å². The molecule has 0 fully saturated rings. The van der Waals surface area contributed by atoms with Crippen molar-refractivity contribution in [1.29, 1.82) is 0 Å². The van der Waals surface area contributed by atoms with Gasteiger partial charge in [-0.3, -0.25) is 9.59 Å². The van der Waals surface area contributed by atoms with Gasteiger partial charge in [0.1, 0.15) is 6.29 Å². The lowest BCUT2D eigenvalue weighted by atomic mass is 9.77. The first kappa shape index (κ1) is 10.4. The molecule has 0 bridgehead atoms. The second-order valence-electron chi connectivity index (χ2n) is 2.70. The van der Waals surface area contributed by atoms with Gasteiger partial charge in [0, 0.05) is 11.1 Å². The van der Waals surface area contributed by atoms with E-state index in [9.17, 15) is 9.59 Å². The molecule has 1 rings (SSSR count). The van der Waals surface area contributed by atoms with Crippen LogP contribution in [-0.2, 0) is 0 Å². The third-order valence-electron chi connectivity index (χ3n) is 1.78. The molecule has 0 aliphatic rings. The summed E-state index contributed by atoms with van der Waals surface area (Å²) in [4.78, 5) is 21.3. The molecule has 0 atom stereocenters. The summed E-state index contributed by atoms with van der Waals surface area (Å²) >= 11 is 0. The van der Waals surface area contributed by atoms with Gasteiger partial charge in [-0.2, -0.15) is 0 Å². The summed E-state index contributed by atoms with van der Waals surface area (Å²) in [5, 5.41) is 17.7. The smallest absolute Gasteiger partial charge is 0.423 e. The van der Waals surface area contributed by atoms with Crippen LogP contribution in [0.25, 0.3) is 0 Å². The number of carbonyl (C=O) groups excluding carboxylic acids is 2. The molecule has 4 N–H and O–H groups in total. The number of rotatable bonds is 3. The molecule has 0 aliphatic heterocycles. The van der Waals surface area contributed by atoms with Crippen molar-refractivity contribution in [3.05, 3.63) is 29.3 Å². The van der Waals surface area contributed by atoms with E-state index >= 15 is 0 Å². The number of aldehydes is 1. The normalized spacial score (nSPS) is 9.57. The summed E-state index contributed by atoms with van der Waals surface area (Å²) in [6.07, 6.45) is 0.432. The third kappa shape index (κ3) is 1.98. The van der Waals surface area contributed by atoms with Crippen LogP contribution in [0.4, 0.5) is 0 Å². The van der Waals surface area contributed by atoms with E-state index < -0.39 is 13.0 Å². The molecule has 0 saturated carbocycles. The van der Waals surface area contributed by atoms with Gasteiger partial charge in [-0.25, -0.2) is 0 Å². The van der Waals surface area contributed by atoms with Crippen molar-refractivity contribution in [2.75, 3.05) is 0 Å². The standard InChI is InChI=1S/C8H8BNO4/c10-8(12)5-1-2-7(9(13)14)6(3-5)4-11/h1-4,13-14H,(H2,10,12). The molecule has 6 heteroatoms. The minimum Gasteiger partial charge on any atom is -0.423 e. The largest absolute Gasteiger partial charge is 0.489 e. The fourth-order valence-corrected chi connectivity index (χ4v) is 1.07. The van der Waals surface area contributed by atoms with Gasteiger partial charge in [0.25, 0.3) is 0 Å². The second-order valence-corrected chi connectivity index (χ2v) is 2.70. The van der Waals surface area contributed by atoms with Gasteiger partial charge in [-0.05, 0) is 17.6 Å². The van der Waals surface area contributed by atoms with Crippen molar-refractivity contribution in [3.63, 3.8) is 0 Å². The molecule has 0 unspecified atom stereocenters. The van der Waals surface area contributed by atoms with Crippen LogP contribution in [-0.4, -0.2) is 29.4 Å². The van der Waals surface area contributed by atoms with E-state index in [1.54, 1.807) is 0 Å². The highest BCUT2D eigenvalue weighted by Gasteiger charge is 2.16. The molecule has 0 aliphatic carbocycles. The Morgan fingerprint density at radius 1 is 1.43 bits per heavy atom. The first-order valence-electron chi connectivity index (χ1n) is 3.81. The molecule has 1 aromatic carbocycles. The minimum atomic E-state index is -1.74. The summed E-state index contributed by atoms with van der Waals surface area (Å²) in [5.41, 5.74) is 5.22. The first-order chi connectivity index (χ1) is 6.56. The van der Waals surface area contributed by atoms with Crippen molar-refractivity contribution >= 4 is 24.8 Å². The number of nitrogens with two attached hydrogens (primary N) is 1. The van der Waals surface area contributed by atoms with E-state index in [0.717, 1.165) is 0 Å². The van der Waals surface area contributed by atoms with Gasteiger partial charge in [-0.15, -0.1) is 0 Å². The van der Waals surface area contributed by atoms with Crippen LogP contribution >= 0.6 is 0 Å². The van der Waals surface area contributed by atoms with Gasteiger partial charge >= 0.3 is 7.12 Å². The highest BCUT2D eigenvalue weighted by molar-refractivity contribution is 6.60. The Kier molecular flexibility index (Phi) is 3.01. The summed E-state index contributed by atoms with van der Waals surface area (Å²) in [6.45, 7) is 0. The van der Waals surface area contributed by atoms with Crippen molar-refractivity contribution in [3.8, 4) is 0 Å². The molecule has 0 heterocycles. The zero-order valence-electron chi connectivity index (χ0n) is 7.18. The van der Waals surface area contributed by atoms with E-state index in [-0.39, 0.29) is 16.6 Å². The lowest BCUT2D eigenvalue weighted by molar-refractivity contribution is 0.1000. The maximum atomic E-state index is 10.7. The van der Waals surface area contributed by atoms with Crippen molar-refractivity contribution in [1.82, 2.24) is 0 Å². The Labute approximate surface area is 80.3 Å². The molecule has 0 aromatic heterocycles. The monoisotopic (exact) mass is 193 g/mol. The van der Waals surface area contributed by atoms with Crippen molar-refractivity contribution < 1.29 is 19.6 Å². The van der Waals surface area contributed by atoms with E-state index in [2.05, 4.69) is 0 Å². The zero-order chi connectivity index (χ0) is 10.7. The van der Waals surface area contributed by atoms with Gasteiger partial charge in [-0.1, -0.05) is 6.07 Å². The van der Waals surface area contributed by atoms with Gasteiger partial charge in [0.2, 0.25) is 5.91 Å². The Balaban J connectivity index is 3.25. The Bertz CT molecular complexity index is 378. The maximum absolute atomic E-state index is 10.7. The van der Waals surface area contributed by atoms with Crippen LogP contribution in [0.3, 0.4) is 0 Å². The Hall–Kier alpha value is -1.66. The van der Waals surface area contributed by atoms with Gasteiger partial charge < -0.3 is 15.8 Å². The minimum absolute atomic E-state index is 0.0382. The van der Waals surface area contributed by atoms with Crippen LogP contribution in [0.1, 0.15) is 20.7 Å². The average molecular weight is 193 g/mol. The number of hydrogen-bond donors (Lipinski definition) is 3. The molecule has 0 radical (unpaired) electrons. The Morgan fingerprint density at radius 2 is 2.07 bits per heavy atom. The third-order valence-corrected chi connectivity index (χ3v) is 1.78. The Morgan fingerprint density at radius 3 is 2.50 bits per heavy atom. The first-order valence-corrected chi connectivity index (χ1v) is 3.81. The van der Waals surface area contributed by atoms with Crippen LogP contribution < -0.4 is 11.2 Å².